The van der Waals surface area contributed by atoms with Crippen LogP contribution >= 0.6 is 11.6 Å². The third-order valence-electron chi connectivity index (χ3n) is 1.64. The number of nitrogen functional groups attached to an aromatic ring is 1. The van der Waals surface area contributed by atoms with Gasteiger partial charge in [-0.05, 0) is 12.5 Å². The molecular weight excluding hydrogens is 216 g/mol. The van der Waals surface area contributed by atoms with E-state index in [-0.39, 0.29) is 0 Å². The van der Waals surface area contributed by atoms with E-state index in [0.29, 0.717) is 29.8 Å². The molecular formula is C10H15ClN2O2. The lowest BCUT2D eigenvalue weighted by Gasteiger charge is -2.07. The summed E-state index contributed by atoms with van der Waals surface area (Å²) in [5.41, 5.74) is 6.02. The first-order valence-electron chi connectivity index (χ1n) is 4.85. The van der Waals surface area contributed by atoms with Crippen LogP contribution in [-0.4, -0.2) is 24.8 Å². The topological polar surface area (TPSA) is 57.4 Å². The van der Waals surface area contributed by atoms with Crippen molar-refractivity contribution in [3.8, 4) is 5.88 Å². The Bertz CT molecular complexity index is 307. The average molecular weight is 231 g/mol. The Kier molecular flexibility index (Phi) is 5.21. The number of nitrogens with zero attached hydrogens (tertiary/aromatic N) is 1. The second-order valence-electron chi connectivity index (χ2n) is 3.02. The highest BCUT2D eigenvalue weighted by Gasteiger charge is 2.02. The van der Waals surface area contributed by atoms with Crippen LogP contribution < -0.4 is 10.5 Å². The Morgan fingerprint density at radius 3 is 2.87 bits per heavy atom. The Morgan fingerprint density at radius 1 is 1.40 bits per heavy atom. The standard InChI is InChI=1S/C10H15ClN2O2/c1-2-3-14-4-5-15-10-9(11)6-8(12)7-13-10/h6-7H,2-5,12H2,1H3. The van der Waals surface area contributed by atoms with Crippen molar-refractivity contribution in [2.24, 2.45) is 0 Å². The van der Waals surface area contributed by atoms with E-state index in [1.165, 1.54) is 6.20 Å². The van der Waals surface area contributed by atoms with Crippen LogP contribution in [0.15, 0.2) is 12.3 Å². The van der Waals surface area contributed by atoms with Gasteiger partial charge in [0.2, 0.25) is 5.88 Å². The summed E-state index contributed by atoms with van der Waals surface area (Å²) in [6.45, 7) is 3.78. The highest BCUT2D eigenvalue weighted by atomic mass is 35.5. The van der Waals surface area contributed by atoms with Crippen LogP contribution in [0, 0.1) is 0 Å². The lowest BCUT2D eigenvalue weighted by molar-refractivity contribution is 0.0991. The molecule has 1 rings (SSSR count). The molecule has 0 unspecified atom stereocenters. The number of ether oxygens (including phenoxy) is 2. The van der Waals surface area contributed by atoms with E-state index in [9.17, 15) is 0 Å². The fourth-order valence-corrected chi connectivity index (χ4v) is 1.22. The fraction of sp³-hybridized carbons (Fsp3) is 0.500. The van der Waals surface area contributed by atoms with Gasteiger partial charge in [0.15, 0.2) is 0 Å². The van der Waals surface area contributed by atoms with Gasteiger partial charge in [0.25, 0.3) is 0 Å². The fourth-order valence-electron chi connectivity index (χ4n) is 0.990. The summed E-state index contributed by atoms with van der Waals surface area (Å²) in [6, 6.07) is 1.61. The first-order chi connectivity index (χ1) is 7.24. The third kappa shape index (κ3) is 4.36. The van der Waals surface area contributed by atoms with Gasteiger partial charge in [0.1, 0.15) is 11.6 Å². The van der Waals surface area contributed by atoms with Crippen LogP contribution in [-0.2, 0) is 4.74 Å². The summed E-state index contributed by atoms with van der Waals surface area (Å²) in [5.74, 6) is 0.394. The van der Waals surface area contributed by atoms with Crippen molar-refractivity contribution in [1.82, 2.24) is 4.98 Å². The lowest BCUT2D eigenvalue weighted by Crippen LogP contribution is -2.08. The maximum Gasteiger partial charge on any atom is 0.232 e. The normalized spacial score (nSPS) is 10.3. The Hall–Kier alpha value is -1.00. The maximum atomic E-state index is 5.86. The molecule has 0 amide bonds. The van der Waals surface area contributed by atoms with Gasteiger partial charge in [-0.2, -0.15) is 0 Å². The smallest absolute Gasteiger partial charge is 0.232 e. The van der Waals surface area contributed by atoms with Gasteiger partial charge in [0, 0.05) is 6.61 Å². The molecule has 0 aliphatic carbocycles. The number of aromatic nitrogens is 1. The van der Waals surface area contributed by atoms with E-state index in [2.05, 4.69) is 11.9 Å². The second kappa shape index (κ2) is 6.48. The zero-order chi connectivity index (χ0) is 11.1. The number of anilines is 1. The molecule has 2 N–H and O–H groups in total. The number of hydrogen-bond donors (Lipinski definition) is 1. The van der Waals surface area contributed by atoms with Crippen molar-refractivity contribution >= 4 is 17.3 Å². The number of rotatable bonds is 6. The van der Waals surface area contributed by atoms with Crippen LogP contribution in [0.5, 0.6) is 5.88 Å². The summed E-state index contributed by atoms with van der Waals surface area (Å²) in [5, 5.41) is 0.422. The van der Waals surface area contributed by atoms with E-state index >= 15 is 0 Å². The molecule has 0 saturated carbocycles. The molecule has 0 atom stereocenters. The summed E-state index contributed by atoms with van der Waals surface area (Å²) >= 11 is 5.86. The Morgan fingerprint density at radius 2 is 2.20 bits per heavy atom. The minimum absolute atomic E-state index is 0.394. The molecule has 0 aliphatic rings. The van der Waals surface area contributed by atoms with Gasteiger partial charge in [-0.25, -0.2) is 4.98 Å². The van der Waals surface area contributed by atoms with E-state index in [1.54, 1.807) is 6.07 Å². The third-order valence-corrected chi connectivity index (χ3v) is 1.91. The van der Waals surface area contributed by atoms with Crippen molar-refractivity contribution in [3.63, 3.8) is 0 Å². The molecule has 0 aromatic carbocycles. The van der Waals surface area contributed by atoms with Crippen molar-refractivity contribution in [2.75, 3.05) is 25.6 Å². The van der Waals surface area contributed by atoms with Crippen molar-refractivity contribution in [1.29, 1.82) is 0 Å². The minimum Gasteiger partial charge on any atom is -0.474 e. The predicted octanol–water partition coefficient (Wildman–Crippen LogP) is 2.12. The first kappa shape index (κ1) is 12.1. The van der Waals surface area contributed by atoms with Crippen LogP contribution in [0.3, 0.4) is 0 Å². The van der Waals surface area contributed by atoms with Gasteiger partial charge in [0.05, 0.1) is 18.5 Å². The van der Waals surface area contributed by atoms with Crippen LogP contribution in [0.1, 0.15) is 13.3 Å². The van der Waals surface area contributed by atoms with E-state index < -0.39 is 0 Å². The molecule has 0 spiro atoms. The second-order valence-corrected chi connectivity index (χ2v) is 3.42. The van der Waals surface area contributed by atoms with Crippen molar-refractivity contribution in [3.05, 3.63) is 17.3 Å². The molecule has 1 aromatic heterocycles. The zero-order valence-corrected chi connectivity index (χ0v) is 9.46. The molecule has 0 bridgehead atoms. The monoisotopic (exact) mass is 230 g/mol. The summed E-state index contributed by atoms with van der Waals surface area (Å²) in [4.78, 5) is 3.96. The molecule has 0 fully saturated rings. The lowest BCUT2D eigenvalue weighted by atomic mass is 10.4. The highest BCUT2D eigenvalue weighted by molar-refractivity contribution is 6.32. The molecule has 84 valence electrons. The SMILES string of the molecule is CCCOCCOc1ncc(N)cc1Cl. The van der Waals surface area contributed by atoms with Gasteiger partial charge in [-0.1, -0.05) is 18.5 Å². The summed E-state index contributed by atoms with van der Waals surface area (Å²) in [7, 11) is 0. The van der Waals surface area contributed by atoms with Crippen molar-refractivity contribution < 1.29 is 9.47 Å². The number of nitrogens with two attached hydrogens (primary N) is 1. The van der Waals surface area contributed by atoms with E-state index in [1.807, 2.05) is 0 Å². The molecule has 1 aromatic rings. The first-order valence-corrected chi connectivity index (χ1v) is 5.23. The predicted molar refractivity (Wildman–Crippen MR) is 60.3 cm³/mol. The zero-order valence-electron chi connectivity index (χ0n) is 8.70. The van der Waals surface area contributed by atoms with Gasteiger partial charge >= 0.3 is 0 Å². The van der Waals surface area contributed by atoms with Crippen LogP contribution in [0.4, 0.5) is 5.69 Å². The molecule has 0 saturated heterocycles. The molecule has 1 heterocycles. The van der Waals surface area contributed by atoms with E-state index in [0.717, 1.165) is 13.0 Å². The quantitative estimate of drug-likeness (QED) is 0.761. The van der Waals surface area contributed by atoms with Crippen LogP contribution in [0.25, 0.3) is 0 Å². The van der Waals surface area contributed by atoms with E-state index in [4.69, 9.17) is 26.8 Å². The molecule has 0 radical (unpaired) electrons. The average Bonchev–Trinajstić information content (AvgIpc) is 2.20. The Balaban J connectivity index is 2.31. The highest BCUT2D eigenvalue weighted by Crippen LogP contribution is 2.22. The van der Waals surface area contributed by atoms with Gasteiger partial charge in [-0.15, -0.1) is 0 Å². The van der Waals surface area contributed by atoms with Gasteiger partial charge < -0.3 is 15.2 Å². The summed E-state index contributed by atoms with van der Waals surface area (Å²) in [6.07, 6.45) is 2.51. The number of pyridine rings is 1. The van der Waals surface area contributed by atoms with Crippen LogP contribution in [0.2, 0.25) is 5.02 Å². The summed E-state index contributed by atoms with van der Waals surface area (Å²) < 4.78 is 10.6. The number of hydrogen-bond acceptors (Lipinski definition) is 4. The van der Waals surface area contributed by atoms with Crippen molar-refractivity contribution in [2.45, 2.75) is 13.3 Å². The Labute approximate surface area is 94.3 Å². The van der Waals surface area contributed by atoms with Gasteiger partial charge in [-0.3, -0.25) is 0 Å². The molecule has 5 heteroatoms. The molecule has 0 aliphatic heterocycles. The molecule has 15 heavy (non-hydrogen) atoms. The minimum atomic E-state index is 0.394. The number of halogens is 1. The molecule has 4 nitrogen and oxygen atoms in total. The maximum absolute atomic E-state index is 5.86. The largest absolute Gasteiger partial charge is 0.474 e.